The molecule has 0 saturated heterocycles. The largest absolute Gasteiger partial charge is 0.103 e. The molecule has 0 atom stereocenters. The van der Waals surface area contributed by atoms with Gasteiger partial charge in [-0.2, -0.15) is 0 Å². The van der Waals surface area contributed by atoms with Crippen LogP contribution >= 0.6 is 0 Å². The molecule has 0 fully saturated rings. The fourth-order valence-corrected chi connectivity index (χ4v) is 11.3. The van der Waals surface area contributed by atoms with Crippen LogP contribution in [0.25, 0.3) is 0 Å². The monoisotopic (exact) mass is 378 g/mol. The van der Waals surface area contributed by atoms with Gasteiger partial charge >= 0.3 is 0 Å². The highest BCUT2D eigenvalue weighted by Crippen LogP contribution is 2.21. The molecule has 2 aromatic carbocycles. The SMILES string of the molecule is C=CCc1cccc([Si](C)(C)CC[Si](C)(C)c2cccc(CC=C)c2)c1. The normalized spacial score (nSPS) is 12.0. The summed E-state index contributed by atoms with van der Waals surface area (Å²) in [5.74, 6) is 0. The predicted octanol–water partition coefficient (Wildman–Crippen LogP) is 5.67. The lowest BCUT2D eigenvalue weighted by atomic mass is 10.1. The molecule has 0 heterocycles. The number of benzene rings is 2. The van der Waals surface area contributed by atoms with Crippen molar-refractivity contribution in [1.82, 2.24) is 0 Å². The Morgan fingerprint density at radius 2 is 1.08 bits per heavy atom. The van der Waals surface area contributed by atoms with Gasteiger partial charge < -0.3 is 0 Å². The van der Waals surface area contributed by atoms with Crippen molar-refractivity contribution >= 4 is 26.5 Å². The first-order valence-corrected chi connectivity index (χ1v) is 16.1. The molecule has 138 valence electrons. The number of allylic oxidation sites excluding steroid dienone is 2. The third kappa shape index (κ3) is 5.42. The van der Waals surface area contributed by atoms with Crippen LogP contribution in [0.4, 0.5) is 0 Å². The average Bonchev–Trinajstić information content (AvgIpc) is 2.61. The molecular weight excluding hydrogens is 344 g/mol. The zero-order valence-electron chi connectivity index (χ0n) is 17.0. The first-order valence-electron chi connectivity index (χ1n) is 9.69. The topological polar surface area (TPSA) is 0 Å². The first kappa shape index (κ1) is 20.7. The summed E-state index contributed by atoms with van der Waals surface area (Å²) >= 11 is 0. The Morgan fingerprint density at radius 1 is 0.692 bits per heavy atom. The summed E-state index contributed by atoms with van der Waals surface area (Å²) in [5, 5.41) is 3.17. The lowest BCUT2D eigenvalue weighted by Gasteiger charge is -2.30. The zero-order chi connectivity index (χ0) is 19.2. The highest BCUT2D eigenvalue weighted by molar-refractivity contribution is 6.94. The van der Waals surface area contributed by atoms with E-state index >= 15 is 0 Å². The van der Waals surface area contributed by atoms with Gasteiger partial charge in [-0.05, 0) is 24.0 Å². The van der Waals surface area contributed by atoms with E-state index < -0.39 is 16.1 Å². The minimum Gasteiger partial charge on any atom is -0.103 e. The van der Waals surface area contributed by atoms with Crippen molar-refractivity contribution in [3.63, 3.8) is 0 Å². The molecule has 0 aliphatic rings. The quantitative estimate of drug-likeness (QED) is 0.389. The van der Waals surface area contributed by atoms with Crippen molar-refractivity contribution in [2.75, 3.05) is 0 Å². The highest BCUT2D eigenvalue weighted by atomic mass is 28.3. The van der Waals surface area contributed by atoms with Crippen LogP contribution in [0.3, 0.4) is 0 Å². The van der Waals surface area contributed by atoms with Crippen LogP contribution in [0.1, 0.15) is 11.1 Å². The molecule has 0 bridgehead atoms. The van der Waals surface area contributed by atoms with Gasteiger partial charge in [0.05, 0.1) is 16.1 Å². The molecule has 0 spiro atoms. The number of hydrogen-bond donors (Lipinski definition) is 0. The molecule has 0 unspecified atom stereocenters. The number of hydrogen-bond acceptors (Lipinski definition) is 0. The van der Waals surface area contributed by atoms with Crippen LogP contribution in [-0.4, -0.2) is 16.1 Å². The van der Waals surface area contributed by atoms with Crippen LogP contribution in [-0.2, 0) is 12.8 Å². The van der Waals surface area contributed by atoms with Crippen LogP contribution in [0.5, 0.6) is 0 Å². The van der Waals surface area contributed by atoms with Gasteiger partial charge in [-0.15, -0.1) is 13.2 Å². The fourth-order valence-electron chi connectivity index (χ4n) is 3.49. The summed E-state index contributed by atoms with van der Waals surface area (Å²) < 4.78 is 0. The molecule has 0 amide bonds. The van der Waals surface area contributed by atoms with E-state index in [1.807, 2.05) is 12.2 Å². The molecule has 2 aromatic rings. The van der Waals surface area contributed by atoms with Crippen LogP contribution in [0, 0.1) is 0 Å². The minimum absolute atomic E-state index is 0.967. The Balaban J connectivity index is 2.14. The van der Waals surface area contributed by atoms with Crippen molar-refractivity contribution in [1.29, 1.82) is 0 Å². The molecule has 2 rings (SSSR count). The lowest BCUT2D eigenvalue weighted by Crippen LogP contribution is -2.47. The standard InChI is InChI=1S/C24H34Si2/c1-7-11-21-13-9-15-23(19-21)25(3,4)17-18-26(5,6)24-16-10-14-22(20-24)12-8-2/h7-10,13-16,19-20H,1-2,11-12,17-18H2,3-6H3. The zero-order valence-corrected chi connectivity index (χ0v) is 19.0. The summed E-state index contributed by atoms with van der Waals surface area (Å²) in [6.45, 7) is 17.9. The van der Waals surface area contributed by atoms with E-state index in [2.05, 4.69) is 87.9 Å². The Hall–Kier alpha value is -1.65. The van der Waals surface area contributed by atoms with Crippen molar-refractivity contribution in [3.8, 4) is 0 Å². The predicted molar refractivity (Wildman–Crippen MR) is 125 cm³/mol. The molecular formula is C24H34Si2. The van der Waals surface area contributed by atoms with Crippen molar-refractivity contribution in [3.05, 3.63) is 85.0 Å². The maximum Gasteiger partial charge on any atom is 0.0803 e. The average molecular weight is 379 g/mol. The number of rotatable bonds is 9. The molecule has 0 N–H and O–H groups in total. The molecule has 0 nitrogen and oxygen atoms in total. The van der Waals surface area contributed by atoms with Gasteiger partial charge in [0.2, 0.25) is 0 Å². The van der Waals surface area contributed by atoms with E-state index in [-0.39, 0.29) is 0 Å². The summed E-state index contributed by atoms with van der Waals surface area (Å²) in [5.41, 5.74) is 2.79. The Labute approximate surface area is 162 Å². The van der Waals surface area contributed by atoms with Crippen LogP contribution in [0.15, 0.2) is 73.8 Å². The van der Waals surface area contributed by atoms with Gasteiger partial charge in [0.15, 0.2) is 0 Å². The molecule has 0 saturated carbocycles. The summed E-state index contributed by atoms with van der Waals surface area (Å²) in [6.07, 6.45) is 5.93. The second-order valence-corrected chi connectivity index (χ2v) is 18.3. The highest BCUT2D eigenvalue weighted by Gasteiger charge is 2.30. The molecule has 0 aromatic heterocycles. The lowest BCUT2D eigenvalue weighted by molar-refractivity contribution is 1.26. The second-order valence-electron chi connectivity index (χ2n) is 8.65. The maximum atomic E-state index is 3.88. The second kappa shape index (κ2) is 8.83. The summed E-state index contributed by atoms with van der Waals surface area (Å²) in [7, 11) is -2.85. The van der Waals surface area contributed by atoms with E-state index in [0.29, 0.717) is 0 Å². The van der Waals surface area contributed by atoms with Crippen LogP contribution < -0.4 is 10.4 Å². The molecule has 0 aliphatic heterocycles. The van der Waals surface area contributed by atoms with Crippen molar-refractivity contribution in [2.24, 2.45) is 0 Å². The van der Waals surface area contributed by atoms with E-state index in [4.69, 9.17) is 0 Å². The van der Waals surface area contributed by atoms with E-state index in [0.717, 1.165) is 12.8 Å². The van der Waals surface area contributed by atoms with Gasteiger partial charge in [-0.25, -0.2) is 0 Å². The third-order valence-electron chi connectivity index (χ3n) is 5.55. The Kier molecular flexibility index (Phi) is 7.02. The minimum atomic E-state index is -1.43. The Morgan fingerprint density at radius 3 is 1.42 bits per heavy atom. The molecule has 2 heteroatoms. The van der Waals surface area contributed by atoms with E-state index in [9.17, 15) is 0 Å². The van der Waals surface area contributed by atoms with Crippen LogP contribution in [0.2, 0.25) is 38.3 Å². The summed E-state index contributed by atoms with van der Waals surface area (Å²) in [6, 6.07) is 21.1. The van der Waals surface area contributed by atoms with E-state index in [1.165, 1.54) is 23.2 Å². The molecule has 26 heavy (non-hydrogen) atoms. The van der Waals surface area contributed by atoms with Gasteiger partial charge in [0.1, 0.15) is 0 Å². The summed E-state index contributed by atoms with van der Waals surface area (Å²) in [4.78, 5) is 0. The maximum absolute atomic E-state index is 3.88. The van der Waals surface area contributed by atoms with Crippen molar-refractivity contribution < 1.29 is 0 Å². The van der Waals surface area contributed by atoms with E-state index in [1.54, 1.807) is 10.4 Å². The fraction of sp³-hybridized carbons (Fsp3) is 0.333. The third-order valence-corrected chi connectivity index (χ3v) is 12.8. The van der Waals surface area contributed by atoms with Gasteiger partial charge in [0, 0.05) is 0 Å². The Bertz CT molecular complexity index is 691. The first-order chi connectivity index (χ1) is 12.3. The van der Waals surface area contributed by atoms with Gasteiger partial charge in [0.25, 0.3) is 0 Å². The van der Waals surface area contributed by atoms with Gasteiger partial charge in [-0.1, -0.05) is 109 Å². The van der Waals surface area contributed by atoms with Gasteiger partial charge in [-0.3, -0.25) is 0 Å². The molecule has 0 aliphatic carbocycles. The molecule has 0 radical (unpaired) electrons. The smallest absolute Gasteiger partial charge is 0.0803 e. The van der Waals surface area contributed by atoms with Crippen molar-refractivity contribution in [2.45, 2.75) is 51.1 Å².